The van der Waals surface area contributed by atoms with E-state index in [4.69, 9.17) is 9.47 Å². The fourth-order valence-corrected chi connectivity index (χ4v) is 10.7. The van der Waals surface area contributed by atoms with Crippen molar-refractivity contribution in [3.05, 3.63) is 11.6 Å². The lowest BCUT2D eigenvalue weighted by molar-refractivity contribution is -0.243. The van der Waals surface area contributed by atoms with Crippen LogP contribution in [0.1, 0.15) is 113 Å². The Hall–Kier alpha value is -0.390. The highest BCUT2D eigenvalue weighted by Gasteiger charge is 2.70. The van der Waals surface area contributed by atoms with E-state index in [0.29, 0.717) is 23.7 Å². The van der Waals surface area contributed by atoms with Crippen molar-refractivity contribution in [1.29, 1.82) is 0 Å². The molecule has 4 aliphatic carbocycles. The summed E-state index contributed by atoms with van der Waals surface area (Å²) in [5.41, 5.74) is 1.81. The zero-order valence-electron chi connectivity index (χ0n) is 25.7. The van der Waals surface area contributed by atoms with Crippen LogP contribution in [0.15, 0.2) is 11.6 Å². The first kappa shape index (κ1) is 30.6. The first-order valence-electron chi connectivity index (χ1n) is 15.2. The summed E-state index contributed by atoms with van der Waals surface area (Å²) in [6, 6.07) is 0. The number of fused-ring (bicyclic) bond motifs is 5. The van der Waals surface area contributed by atoms with Gasteiger partial charge in [-0.05, 0) is 118 Å². The monoisotopic (exact) mass is 594 g/mol. The molecule has 0 aromatic rings. The molecule has 4 saturated carbocycles. The fourth-order valence-electron chi connectivity index (χ4n) is 10.5. The number of rotatable bonds is 7. The molecule has 0 radical (unpaired) electrons. The molecule has 4 nitrogen and oxygen atoms in total. The molecule has 218 valence electrons. The van der Waals surface area contributed by atoms with Crippen LogP contribution >= 0.6 is 15.9 Å². The van der Waals surface area contributed by atoms with Crippen LogP contribution in [0.3, 0.4) is 0 Å². The van der Waals surface area contributed by atoms with Crippen molar-refractivity contribution in [2.24, 2.45) is 45.3 Å². The molecule has 0 heterocycles. The second-order valence-corrected chi connectivity index (χ2v) is 15.9. The number of aliphatic hydroxyl groups excluding tert-OH is 1. The van der Waals surface area contributed by atoms with Gasteiger partial charge in [0.25, 0.3) is 0 Å². The van der Waals surface area contributed by atoms with Gasteiger partial charge in [-0.3, -0.25) is 4.79 Å². The SMILES string of the molecule is COC(C)(C)CC/C=C(/C)[C@H]1CC[C@]2(C)[C@@H]1[C@H](O)C[C@@H]1[C@@]3(C)CC[C@H](OC(=O)CBr)C(C)(C)[C@@H]3CC[C@]12C. The van der Waals surface area contributed by atoms with Crippen molar-refractivity contribution in [2.75, 3.05) is 12.4 Å². The summed E-state index contributed by atoms with van der Waals surface area (Å²) in [5.74, 6) is 1.63. The van der Waals surface area contributed by atoms with Gasteiger partial charge in [0.15, 0.2) is 0 Å². The number of methoxy groups -OCH3 is 1. The highest BCUT2D eigenvalue weighted by atomic mass is 79.9. The molecule has 4 aliphatic rings. The lowest BCUT2D eigenvalue weighted by Gasteiger charge is -2.70. The number of hydrogen-bond acceptors (Lipinski definition) is 4. The Balaban J connectivity index is 1.59. The van der Waals surface area contributed by atoms with Crippen LogP contribution in [0.25, 0.3) is 0 Å². The topological polar surface area (TPSA) is 55.8 Å². The van der Waals surface area contributed by atoms with Gasteiger partial charge in [-0.2, -0.15) is 0 Å². The number of carbonyl (C=O) groups excluding carboxylic acids is 1. The molecule has 0 aromatic heterocycles. The minimum atomic E-state index is -0.257. The van der Waals surface area contributed by atoms with Gasteiger partial charge in [-0.25, -0.2) is 0 Å². The van der Waals surface area contributed by atoms with E-state index in [1.165, 1.54) is 31.3 Å². The lowest BCUT2D eigenvalue weighted by atomic mass is 9.35. The molecule has 0 spiro atoms. The van der Waals surface area contributed by atoms with Crippen LogP contribution in [0, 0.1) is 45.3 Å². The maximum atomic E-state index is 12.2. The van der Waals surface area contributed by atoms with Crippen LogP contribution in [-0.2, 0) is 14.3 Å². The van der Waals surface area contributed by atoms with Gasteiger partial charge < -0.3 is 14.6 Å². The minimum Gasteiger partial charge on any atom is -0.461 e. The average molecular weight is 596 g/mol. The molecule has 0 aromatic carbocycles. The van der Waals surface area contributed by atoms with Crippen molar-refractivity contribution >= 4 is 21.9 Å². The molecule has 0 aliphatic heterocycles. The number of allylic oxidation sites excluding steroid dienone is 2. The standard InChI is InChI=1S/C33H55BrO4/c1-21(11-10-15-29(2,3)37-9)22-12-17-33(8)28(22)23(35)19-25-31(6)16-14-26(38-27(36)20-34)30(4,5)24(31)13-18-32(25,33)7/h11,22-26,28,35H,10,12-20H2,1-9H3/b21-11-/t22-,23-,24+,25-,26+,28+,31+,32-,33-/m1/s1. The van der Waals surface area contributed by atoms with Crippen LogP contribution in [0.5, 0.6) is 0 Å². The van der Waals surface area contributed by atoms with Crippen LogP contribution in [-0.4, -0.2) is 41.3 Å². The maximum Gasteiger partial charge on any atom is 0.316 e. The van der Waals surface area contributed by atoms with Gasteiger partial charge in [0.05, 0.1) is 11.7 Å². The second-order valence-electron chi connectivity index (χ2n) is 15.4. The summed E-state index contributed by atoms with van der Waals surface area (Å²) in [6.07, 6.45) is 11.9. The molecule has 4 fully saturated rings. The summed E-state index contributed by atoms with van der Waals surface area (Å²) >= 11 is 3.28. The molecule has 0 amide bonds. The molecule has 9 atom stereocenters. The van der Waals surface area contributed by atoms with Crippen LogP contribution in [0.4, 0.5) is 0 Å². The number of esters is 1. The third-order valence-corrected chi connectivity index (χ3v) is 13.5. The predicted octanol–water partition coefficient (Wildman–Crippen LogP) is 8.10. The van der Waals surface area contributed by atoms with Crippen molar-refractivity contribution in [1.82, 2.24) is 0 Å². The number of ether oxygens (including phenoxy) is 2. The summed E-state index contributed by atoms with van der Waals surface area (Å²) in [5, 5.41) is 12.2. The van der Waals surface area contributed by atoms with Gasteiger partial charge in [-0.15, -0.1) is 0 Å². The second kappa shape index (κ2) is 10.5. The quantitative estimate of drug-likeness (QED) is 0.184. The molecule has 5 heteroatoms. The van der Waals surface area contributed by atoms with Crippen LogP contribution in [0.2, 0.25) is 0 Å². The first-order valence-corrected chi connectivity index (χ1v) is 16.3. The molecule has 1 N–H and O–H groups in total. The van der Waals surface area contributed by atoms with E-state index in [1.807, 2.05) is 0 Å². The van der Waals surface area contributed by atoms with Gasteiger partial charge in [0, 0.05) is 12.5 Å². The number of alkyl halides is 1. The highest BCUT2D eigenvalue weighted by Crippen LogP contribution is 2.75. The smallest absolute Gasteiger partial charge is 0.316 e. The Morgan fingerprint density at radius 2 is 1.68 bits per heavy atom. The van der Waals surface area contributed by atoms with E-state index >= 15 is 0 Å². The summed E-state index contributed by atoms with van der Waals surface area (Å²) in [4.78, 5) is 12.2. The Labute approximate surface area is 241 Å². The van der Waals surface area contributed by atoms with E-state index in [2.05, 4.69) is 77.4 Å². The molecule has 0 unspecified atom stereocenters. The first-order chi connectivity index (χ1) is 17.6. The molecule has 38 heavy (non-hydrogen) atoms. The van der Waals surface area contributed by atoms with E-state index in [-0.39, 0.29) is 50.8 Å². The van der Waals surface area contributed by atoms with Crippen molar-refractivity contribution in [3.8, 4) is 0 Å². The Morgan fingerprint density at radius 3 is 2.32 bits per heavy atom. The number of hydrogen-bond donors (Lipinski definition) is 1. The van der Waals surface area contributed by atoms with Gasteiger partial charge in [0.2, 0.25) is 0 Å². The zero-order valence-corrected chi connectivity index (χ0v) is 27.2. The number of halogens is 1. The number of carbonyl (C=O) groups is 1. The normalized spacial score (nSPS) is 44.7. The summed E-state index contributed by atoms with van der Waals surface area (Å²) in [7, 11) is 1.80. The summed E-state index contributed by atoms with van der Waals surface area (Å²) in [6.45, 7) is 18.9. The van der Waals surface area contributed by atoms with Gasteiger partial charge in [0.1, 0.15) is 11.4 Å². The molecular weight excluding hydrogens is 540 g/mol. The highest BCUT2D eigenvalue weighted by molar-refractivity contribution is 9.09. The Kier molecular flexibility index (Phi) is 8.42. The molecule has 0 bridgehead atoms. The third-order valence-electron chi connectivity index (χ3n) is 13.1. The van der Waals surface area contributed by atoms with E-state index in [1.54, 1.807) is 7.11 Å². The molecule has 4 rings (SSSR count). The predicted molar refractivity (Wildman–Crippen MR) is 158 cm³/mol. The average Bonchev–Trinajstić information content (AvgIpc) is 3.22. The van der Waals surface area contributed by atoms with E-state index < -0.39 is 0 Å². The van der Waals surface area contributed by atoms with E-state index in [0.717, 1.165) is 32.1 Å². The minimum absolute atomic E-state index is 0.0291. The third kappa shape index (κ3) is 4.77. The van der Waals surface area contributed by atoms with Gasteiger partial charge in [-0.1, -0.05) is 62.2 Å². The maximum absolute atomic E-state index is 12.2. The van der Waals surface area contributed by atoms with Crippen molar-refractivity contribution in [3.63, 3.8) is 0 Å². The fraction of sp³-hybridized carbons (Fsp3) is 0.909. The summed E-state index contributed by atoms with van der Waals surface area (Å²) < 4.78 is 11.6. The zero-order chi connectivity index (χ0) is 28.3. The van der Waals surface area contributed by atoms with Gasteiger partial charge >= 0.3 is 5.97 Å². The van der Waals surface area contributed by atoms with E-state index in [9.17, 15) is 9.90 Å². The molecular formula is C33H55BrO4. The number of aliphatic hydroxyl groups is 1. The molecule has 0 saturated heterocycles. The Morgan fingerprint density at radius 1 is 1.03 bits per heavy atom. The van der Waals surface area contributed by atoms with Crippen LogP contribution < -0.4 is 0 Å². The van der Waals surface area contributed by atoms with Crippen molar-refractivity contribution < 1.29 is 19.4 Å². The lowest BCUT2D eigenvalue weighted by Crippen LogP contribution is -2.66. The van der Waals surface area contributed by atoms with Crippen molar-refractivity contribution in [2.45, 2.75) is 131 Å². The largest absolute Gasteiger partial charge is 0.461 e. The Bertz CT molecular complexity index is 926.